The average Bonchev–Trinajstić information content (AvgIpc) is 2.04. The van der Waals surface area contributed by atoms with Crippen LogP contribution in [0.25, 0.3) is 0 Å². The molecule has 3 heteroatoms. The Morgan fingerprint density at radius 3 is 3.00 bits per heavy atom. The molecule has 0 saturated carbocycles. The zero-order chi connectivity index (χ0) is 8.97. The summed E-state index contributed by atoms with van der Waals surface area (Å²) < 4.78 is 5.74. The first-order chi connectivity index (χ1) is 5.72. The normalized spacial score (nSPS) is 28.8. The fourth-order valence-electron chi connectivity index (χ4n) is 1.61. The summed E-state index contributed by atoms with van der Waals surface area (Å²) in [5, 5.41) is 0. The van der Waals surface area contributed by atoms with Crippen LogP contribution in [0.5, 0.6) is 0 Å². The smallest absolute Gasteiger partial charge is 0.0706 e. The van der Waals surface area contributed by atoms with E-state index >= 15 is 0 Å². The number of likely N-dealkylation sites (N-methyl/N-ethyl adjacent to an activating group) is 1. The van der Waals surface area contributed by atoms with Crippen molar-refractivity contribution in [1.82, 2.24) is 4.90 Å². The predicted octanol–water partition coefficient (Wildman–Crippen LogP) is 0.444. The number of rotatable bonds is 3. The van der Waals surface area contributed by atoms with Crippen LogP contribution in [-0.2, 0) is 4.74 Å². The minimum atomic E-state index is 0.210. The number of hydrogen-bond acceptors (Lipinski definition) is 3. The summed E-state index contributed by atoms with van der Waals surface area (Å²) in [5.41, 5.74) is 5.49. The second-order valence-corrected chi connectivity index (χ2v) is 3.71. The molecule has 1 rings (SSSR count). The third-order valence-corrected chi connectivity index (χ3v) is 2.34. The van der Waals surface area contributed by atoms with Gasteiger partial charge in [-0.2, -0.15) is 0 Å². The Bertz CT molecular complexity index is 130. The van der Waals surface area contributed by atoms with Gasteiger partial charge in [-0.05, 0) is 33.4 Å². The average molecular weight is 172 g/mol. The van der Waals surface area contributed by atoms with E-state index in [0.717, 1.165) is 6.54 Å². The number of likely N-dealkylation sites (tertiary alicyclic amines) is 1. The summed E-state index contributed by atoms with van der Waals surface area (Å²) in [6.45, 7) is 4.93. The highest BCUT2D eigenvalue weighted by Crippen LogP contribution is 2.12. The topological polar surface area (TPSA) is 38.5 Å². The maximum atomic E-state index is 5.74. The van der Waals surface area contributed by atoms with Crippen LogP contribution in [0.1, 0.15) is 19.8 Å². The minimum absolute atomic E-state index is 0.210. The summed E-state index contributed by atoms with van der Waals surface area (Å²) in [6, 6.07) is 0. The Labute approximate surface area is 74.9 Å². The quantitative estimate of drug-likeness (QED) is 0.671. The molecule has 0 radical (unpaired) electrons. The summed E-state index contributed by atoms with van der Waals surface area (Å²) in [7, 11) is 2.14. The van der Waals surface area contributed by atoms with Crippen LogP contribution in [0.4, 0.5) is 0 Å². The minimum Gasteiger partial charge on any atom is -0.373 e. The lowest BCUT2D eigenvalue weighted by atomic mass is 10.1. The summed E-state index contributed by atoms with van der Waals surface area (Å²) >= 11 is 0. The molecule has 3 nitrogen and oxygen atoms in total. The zero-order valence-corrected chi connectivity index (χ0v) is 8.12. The molecular weight excluding hydrogens is 152 g/mol. The third-order valence-electron chi connectivity index (χ3n) is 2.34. The highest BCUT2D eigenvalue weighted by atomic mass is 16.5. The van der Waals surface area contributed by atoms with E-state index in [1.807, 2.05) is 6.92 Å². The molecule has 1 saturated heterocycles. The number of nitrogens with zero attached hydrogens (tertiary/aromatic N) is 1. The molecule has 12 heavy (non-hydrogen) atoms. The van der Waals surface area contributed by atoms with Crippen molar-refractivity contribution in [3.8, 4) is 0 Å². The first-order valence-corrected chi connectivity index (χ1v) is 4.76. The van der Waals surface area contributed by atoms with Gasteiger partial charge < -0.3 is 15.4 Å². The second kappa shape index (κ2) is 4.80. The van der Waals surface area contributed by atoms with Crippen molar-refractivity contribution in [1.29, 1.82) is 0 Å². The van der Waals surface area contributed by atoms with Gasteiger partial charge in [-0.1, -0.05) is 0 Å². The van der Waals surface area contributed by atoms with Crippen LogP contribution in [0.3, 0.4) is 0 Å². The van der Waals surface area contributed by atoms with E-state index in [9.17, 15) is 0 Å². The van der Waals surface area contributed by atoms with Gasteiger partial charge in [0.25, 0.3) is 0 Å². The lowest BCUT2D eigenvalue weighted by Gasteiger charge is -2.31. The van der Waals surface area contributed by atoms with Gasteiger partial charge in [0.15, 0.2) is 0 Å². The van der Waals surface area contributed by atoms with Crippen LogP contribution in [0.15, 0.2) is 0 Å². The van der Waals surface area contributed by atoms with Gasteiger partial charge in [0.1, 0.15) is 0 Å². The fourth-order valence-corrected chi connectivity index (χ4v) is 1.61. The number of piperidine rings is 1. The van der Waals surface area contributed by atoms with Gasteiger partial charge in [0, 0.05) is 13.1 Å². The van der Waals surface area contributed by atoms with Crippen molar-refractivity contribution in [3.63, 3.8) is 0 Å². The summed E-state index contributed by atoms with van der Waals surface area (Å²) in [6.07, 6.45) is 3.05. The number of ether oxygens (including phenoxy) is 1. The highest BCUT2D eigenvalue weighted by Gasteiger charge is 2.18. The lowest BCUT2D eigenvalue weighted by molar-refractivity contribution is -0.0317. The monoisotopic (exact) mass is 172 g/mol. The van der Waals surface area contributed by atoms with Crippen LogP contribution >= 0.6 is 0 Å². The third kappa shape index (κ3) is 3.09. The van der Waals surface area contributed by atoms with Crippen molar-refractivity contribution in [2.75, 3.05) is 26.7 Å². The molecule has 0 aromatic heterocycles. The molecule has 0 aliphatic carbocycles. The van der Waals surface area contributed by atoms with Gasteiger partial charge in [-0.25, -0.2) is 0 Å². The molecule has 0 bridgehead atoms. The van der Waals surface area contributed by atoms with Crippen molar-refractivity contribution in [3.05, 3.63) is 0 Å². The SMILES string of the molecule is CC(CN)OC1CCCN(C)C1. The van der Waals surface area contributed by atoms with E-state index in [1.54, 1.807) is 0 Å². The molecule has 2 unspecified atom stereocenters. The first kappa shape index (κ1) is 9.96. The molecule has 0 aromatic carbocycles. The van der Waals surface area contributed by atoms with Crippen molar-refractivity contribution < 1.29 is 4.74 Å². The molecule has 1 aliphatic heterocycles. The largest absolute Gasteiger partial charge is 0.373 e. The summed E-state index contributed by atoms with van der Waals surface area (Å²) in [4.78, 5) is 2.32. The second-order valence-electron chi connectivity index (χ2n) is 3.71. The molecule has 1 aliphatic rings. The van der Waals surface area contributed by atoms with E-state index in [0.29, 0.717) is 12.6 Å². The molecule has 0 aromatic rings. The van der Waals surface area contributed by atoms with E-state index in [4.69, 9.17) is 10.5 Å². The molecular formula is C9H20N2O. The van der Waals surface area contributed by atoms with Crippen molar-refractivity contribution >= 4 is 0 Å². The Morgan fingerprint density at radius 2 is 2.42 bits per heavy atom. The molecule has 1 fully saturated rings. The van der Waals surface area contributed by atoms with Gasteiger partial charge in [-0.15, -0.1) is 0 Å². The number of nitrogens with two attached hydrogens (primary N) is 1. The van der Waals surface area contributed by atoms with E-state index in [1.165, 1.54) is 19.4 Å². The molecule has 1 heterocycles. The Kier molecular flexibility index (Phi) is 3.98. The lowest BCUT2D eigenvalue weighted by Crippen LogP contribution is -2.39. The van der Waals surface area contributed by atoms with Crippen molar-refractivity contribution in [2.24, 2.45) is 5.73 Å². The summed E-state index contributed by atoms with van der Waals surface area (Å²) in [5.74, 6) is 0. The van der Waals surface area contributed by atoms with Crippen LogP contribution < -0.4 is 5.73 Å². The number of hydrogen-bond donors (Lipinski definition) is 1. The van der Waals surface area contributed by atoms with Gasteiger partial charge in [0.05, 0.1) is 12.2 Å². The molecule has 2 atom stereocenters. The Hall–Kier alpha value is -0.120. The Morgan fingerprint density at radius 1 is 1.67 bits per heavy atom. The van der Waals surface area contributed by atoms with Crippen molar-refractivity contribution in [2.45, 2.75) is 32.0 Å². The van der Waals surface area contributed by atoms with Crippen LogP contribution in [0, 0.1) is 0 Å². The van der Waals surface area contributed by atoms with E-state index in [2.05, 4.69) is 11.9 Å². The van der Waals surface area contributed by atoms with E-state index in [-0.39, 0.29) is 6.10 Å². The van der Waals surface area contributed by atoms with Crippen LogP contribution in [-0.4, -0.2) is 43.8 Å². The van der Waals surface area contributed by atoms with Crippen LogP contribution in [0.2, 0.25) is 0 Å². The molecule has 0 amide bonds. The Balaban J connectivity index is 2.22. The standard InChI is InChI=1S/C9H20N2O/c1-8(6-10)12-9-4-3-5-11(2)7-9/h8-9H,3-7,10H2,1-2H3. The maximum absolute atomic E-state index is 5.74. The zero-order valence-electron chi connectivity index (χ0n) is 8.12. The predicted molar refractivity (Wildman–Crippen MR) is 50.1 cm³/mol. The maximum Gasteiger partial charge on any atom is 0.0706 e. The highest BCUT2D eigenvalue weighted by molar-refractivity contribution is 4.71. The van der Waals surface area contributed by atoms with Gasteiger partial charge >= 0.3 is 0 Å². The molecule has 0 spiro atoms. The van der Waals surface area contributed by atoms with Gasteiger partial charge in [-0.3, -0.25) is 0 Å². The molecule has 72 valence electrons. The van der Waals surface area contributed by atoms with Gasteiger partial charge in [0.2, 0.25) is 0 Å². The first-order valence-electron chi connectivity index (χ1n) is 4.76. The molecule has 2 N–H and O–H groups in total. The van der Waals surface area contributed by atoms with E-state index < -0.39 is 0 Å². The fraction of sp³-hybridized carbons (Fsp3) is 1.00.